The van der Waals surface area contributed by atoms with E-state index in [-0.39, 0.29) is 17.6 Å². The largest absolute Gasteiger partial charge is 0.466 e. The Morgan fingerprint density at radius 2 is 2.00 bits per heavy atom. The van der Waals surface area contributed by atoms with Gasteiger partial charge >= 0.3 is 5.97 Å². The molecule has 0 aromatic rings. The zero-order chi connectivity index (χ0) is 14.3. The minimum Gasteiger partial charge on any atom is -0.466 e. The van der Waals surface area contributed by atoms with Crippen LogP contribution in [-0.2, 0) is 14.3 Å². The van der Waals surface area contributed by atoms with Crippen molar-refractivity contribution in [1.82, 2.24) is 4.90 Å². The number of ether oxygens (including phenoxy) is 2. The summed E-state index contributed by atoms with van der Waals surface area (Å²) in [6, 6.07) is 0. The molecular weight excluding hydrogens is 242 g/mol. The van der Waals surface area contributed by atoms with Crippen LogP contribution in [0.15, 0.2) is 0 Å². The first-order chi connectivity index (χ1) is 9.11. The summed E-state index contributed by atoms with van der Waals surface area (Å²) < 4.78 is 11.0. The molecule has 112 valence electrons. The van der Waals surface area contributed by atoms with Crippen molar-refractivity contribution in [3.63, 3.8) is 0 Å². The van der Waals surface area contributed by atoms with E-state index in [1.807, 2.05) is 6.92 Å². The van der Waals surface area contributed by atoms with Gasteiger partial charge in [0.25, 0.3) is 0 Å². The summed E-state index contributed by atoms with van der Waals surface area (Å²) >= 11 is 0. The van der Waals surface area contributed by atoms with Crippen LogP contribution in [0, 0.1) is 0 Å². The Hall–Kier alpha value is -0.610. The van der Waals surface area contributed by atoms with Crippen LogP contribution >= 0.6 is 0 Å². The second kappa shape index (κ2) is 7.85. The van der Waals surface area contributed by atoms with Crippen molar-refractivity contribution < 1.29 is 14.3 Å². The van der Waals surface area contributed by atoms with Gasteiger partial charge in [0.15, 0.2) is 0 Å². The molecule has 2 atom stereocenters. The van der Waals surface area contributed by atoms with Crippen LogP contribution in [0.3, 0.4) is 0 Å². The summed E-state index contributed by atoms with van der Waals surface area (Å²) in [5, 5.41) is 0. The predicted molar refractivity (Wildman–Crippen MR) is 76.2 cm³/mol. The highest BCUT2D eigenvalue weighted by Gasteiger charge is 2.42. The summed E-state index contributed by atoms with van der Waals surface area (Å²) in [6.45, 7) is 11.5. The molecule has 0 N–H and O–H groups in total. The molecule has 1 fully saturated rings. The minimum absolute atomic E-state index is 0.0747. The first kappa shape index (κ1) is 16.4. The van der Waals surface area contributed by atoms with E-state index in [0.717, 1.165) is 39.0 Å². The average molecular weight is 271 g/mol. The maximum absolute atomic E-state index is 12.0. The fraction of sp³-hybridized carbons (Fsp3) is 0.933. The zero-order valence-electron chi connectivity index (χ0n) is 12.9. The molecule has 19 heavy (non-hydrogen) atoms. The second-order valence-electron chi connectivity index (χ2n) is 5.23. The normalized spacial score (nSPS) is 27.5. The van der Waals surface area contributed by atoms with E-state index in [2.05, 4.69) is 25.7 Å². The molecule has 1 rings (SSSR count). The monoisotopic (exact) mass is 271 g/mol. The van der Waals surface area contributed by atoms with E-state index in [1.54, 1.807) is 0 Å². The van der Waals surface area contributed by atoms with Gasteiger partial charge in [0.2, 0.25) is 0 Å². The number of hydrogen-bond acceptors (Lipinski definition) is 4. The molecule has 0 saturated carbocycles. The molecule has 0 radical (unpaired) electrons. The Labute approximate surface area is 117 Å². The van der Waals surface area contributed by atoms with E-state index >= 15 is 0 Å². The molecule has 0 bridgehead atoms. The first-order valence-corrected chi connectivity index (χ1v) is 7.64. The second-order valence-corrected chi connectivity index (χ2v) is 5.23. The van der Waals surface area contributed by atoms with Crippen molar-refractivity contribution in [3.05, 3.63) is 0 Å². The molecule has 1 heterocycles. The fourth-order valence-electron chi connectivity index (χ4n) is 3.20. The SMILES string of the molecule is CCOC(=O)CC1(N(CC)CC)CCOC(CC)C1. The minimum atomic E-state index is -0.0776. The molecule has 0 spiro atoms. The standard InChI is InChI=1S/C15H29NO3/c1-5-13-11-15(9-10-19-13,16(6-2)7-3)12-14(17)18-8-4/h13H,5-12H2,1-4H3. The summed E-state index contributed by atoms with van der Waals surface area (Å²) in [4.78, 5) is 14.4. The van der Waals surface area contributed by atoms with Crippen LogP contribution in [0.1, 0.15) is 53.4 Å². The van der Waals surface area contributed by atoms with Crippen LogP contribution in [0.5, 0.6) is 0 Å². The van der Waals surface area contributed by atoms with Gasteiger partial charge in [0.05, 0.1) is 19.1 Å². The third-order valence-electron chi connectivity index (χ3n) is 4.20. The van der Waals surface area contributed by atoms with Gasteiger partial charge in [-0.1, -0.05) is 20.8 Å². The predicted octanol–water partition coefficient (Wildman–Crippen LogP) is 2.61. The maximum Gasteiger partial charge on any atom is 0.307 e. The Kier molecular flexibility index (Phi) is 6.80. The third kappa shape index (κ3) is 4.18. The van der Waals surface area contributed by atoms with E-state index in [0.29, 0.717) is 13.0 Å². The van der Waals surface area contributed by atoms with Crippen molar-refractivity contribution in [2.24, 2.45) is 0 Å². The number of hydrogen-bond donors (Lipinski definition) is 0. The highest BCUT2D eigenvalue weighted by molar-refractivity contribution is 5.71. The molecule has 0 aromatic heterocycles. The molecule has 0 aromatic carbocycles. The van der Waals surface area contributed by atoms with Crippen molar-refractivity contribution in [2.75, 3.05) is 26.3 Å². The van der Waals surface area contributed by atoms with Gasteiger partial charge in [0.1, 0.15) is 0 Å². The fourth-order valence-corrected chi connectivity index (χ4v) is 3.20. The number of rotatable bonds is 7. The van der Waals surface area contributed by atoms with Crippen LogP contribution in [0.2, 0.25) is 0 Å². The van der Waals surface area contributed by atoms with Crippen molar-refractivity contribution in [2.45, 2.75) is 65.0 Å². The first-order valence-electron chi connectivity index (χ1n) is 7.64. The Morgan fingerprint density at radius 1 is 1.32 bits per heavy atom. The quantitative estimate of drug-likeness (QED) is 0.667. The average Bonchev–Trinajstić information content (AvgIpc) is 2.40. The number of esters is 1. The van der Waals surface area contributed by atoms with Crippen molar-refractivity contribution in [1.29, 1.82) is 0 Å². The van der Waals surface area contributed by atoms with E-state index < -0.39 is 0 Å². The Balaban J connectivity index is 2.85. The van der Waals surface area contributed by atoms with Crippen LogP contribution in [-0.4, -0.2) is 48.8 Å². The Bertz CT molecular complexity index is 279. The maximum atomic E-state index is 12.0. The summed E-state index contributed by atoms with van der Waals surface area (Å²) in [7, 11) is 0. The van der Waals surface area contributed by atoms with Gasteiger partial charge in [-0.25, -0.2) is 0 Å². The molecule has 1 saturated heterocycles. The molecule has 0 aliphatic carbocycles. The Morgan fingerprint density at radius 3 is 2.53 bits per heavy atom. The summed E-state index contributed by atoms with van der Waals surface area (Å²) in [5.74, 6) is -0.0776. The molecular formula is C15H29NO3. The highest BCUT2D eigenvalue weighted by atomic mass is 16.5. The van der Waals surface area contributed by atoms with Gasteiger partial charge in [-0.05, 0) is 39.3 Å². The van der Waals surface area contributed by atoms with Crippen molar-refractivity contribution >= 4 is 5.97 Å². The molecule has 1 aliphatic rings. The van der Waals surface area contributed by atoms with E-state index in [4.69, 9.17) is 9.47 Å². The van der Waals surface area contributed by atoms with Gasteiger partial charge in [-0.15, -0.1) is 0 Å². The molecule has 0 amide bonds. The number of carbonyl (C=O) groups excluding carboxylic acids is 1. The third-order valence-corrected chi connectivity index (χ3v) is 4.20. The number of carbonyl (C=O) groups is 1. The van der Waals surface area contributed by atoms with E-state index in [1.165, 1.54) is 0 Å². The molecule has 4 nitrogen and oxygen atoms in total. The smallest absolute Gasteiger partial charge is 0.307 e. The molecule has 2 unspecified atom stereocenters. The number of nitrogens with zero attached hydrogens (tertiary/aromatic N) is 1. The van der Waals surface area contributed by atoms with Gasteiger partial charge in [0, 0.05) is 12.1 Å². The topological polar surface area (TPSA) is 38.8 Å². The van der Waals surface area contributed by atoms with Crippen LogP contribution in [0.25, 0.3) is 0 Å². The van der Waals surface area contributed by atoms with Gasteiger partial charge in [-0.2, -0.15) is 0 Å². The lowest BCUT2D eigenvalue weighted by atomic mass is 9.81. The van der Waals surface area contributed by atoms with Gasteiger partial charge < -0.3 is 9.47 Å². The van der Waals surface area contributed by atoms with E-state index in [9.17, 15) is 4.79 Å². The lowest BCUT2D eigenvalue weighted by Gasteiger charge is -2.47. The van der Waals surface area contributed by atoms with Gasteiger partial charge in [-0.3, -0.25) is 9.69 Å². The molecule has 4 heteroatoms. The van der Waals surface area contributed by atoms with Crippen LogP contribution < -0.4 is 0 Å². The van der Waals surface area contributed by atoms with Crippen molar-refractivity contribution in [3.8, 4) is 0 Å². The van der Waals surface area contributed by atoms with Crippen LogP contribution in [0.4, 0.5) is 0 Å². The molecule has 1 aliphatic heterocycles. The zero-order valence-corrected chi connectivity index (χ0v) is 12.9. The summed E-state index contributed by atoms with van der Waals surface area (Å²) in [6.07, 6.45) is 3.62. The highest BCUT2D eigenvalue weighted by Crippen LogP contribution is 2.35. The lowest BCUT2D eigenvalue weighted by Crippen LogP contribution is -2.55. The lowest BCUT2D eigenvalue weighted by molar-refractivity contribution is -0.151. The summed E-state index contributed by atoms with van der Waals surface area (Å²) in [5.41, 5.74) is -0.0747.